The summed E-state index contributed by atoms with van der Waals surface area (Å²) in [6, 6.07) is 7.14. The summed E-state index contributed by atoms with van der Waals surface area (Å²) in [5.41, 5.74) is 1.08. The van der Waals surface area contributed by atoms with Crippen LogP contribution in [0.3, 0.4) is 0 Å². The number of benzene rings is 1. The summed E-state index contributed by atoms with van der Waals surface area (Å²) in [6.45, 7) is 6.54. The number of fused-ring (bicyclic) bond motifs is 1. The monoisotopic (exact) mass is 516 g/mol. The van der Waals surface area contributed by atoms with E-state index in [1.54, 1.807) is 37.6 Å². The van der Waals surface area contributed by atoms with Crippen LogP contribution >= 0.6 is 0 Å². The van der Waals surface area contributed by atoms with Crippen LogP contribution in [0.1, 0.15) is 45.6 Å². The number of urea groups is 1. The molecule has 10 nitrogen and oxygen atoms in total. The van der Waals surface area contributed by atoms with Gasteiger partial charge in [0.2, 0.25) is 5.91 Å². The van der Waals surface area contributed by atoms with Gasteiger partial charge in [0.05, 0.1) is 25.3 Å². The van der Waals surface area contributed by atoms with Crippen molar-refractivity contribution in [1.29, 1.82) is 0 Å². The Balaban J connectivity index is 1.78. The van der Waals surface area contributed by atoms with Crippen molar-refractivity contribution in [3.63, 3.8) is 0 Å². The van der Waals surface area contributed by atoms with Crippen molar-refractivity contribution in [1.82, 2.24) is 20.4 Å². The van der Waals surface area contributed by atoms with E-state index in [-0.39, 0.29) is 37.1 Å². The maximum absolute atomic E-state index is 13.8. The largest absolute Gasteiger partial charge is 0.465 e. The standard InChI is InChI=1S/C27H40N4O6/c1-5-36-25(33)21(13-12-19-10-8-7-9-11-19)29-18(3)24(32)31-22(26(34)37-6-2)16-20-14-15-30(17-23(20)31)27(35)28-4/h7-11,18,20-23,29H,5-6,12-17H2,1-4H3,(H,28,35)/t18-,20-,21+,22+,23-/m1/s1. The lowest BCUT2D eigenvalue weighted by molar-refractivity contribution is -0.155. The predicted molar refractivity (Wildman–Crippen MR) is 138 cm³/mol. The fourth-order valence-electron chi connectivity index (χ4n) is 5.37. The summed E-state index contributed by atoms with van der Waals surface area (Å²) in [6.07, 6.45) is 2.29. The third-order valence-corrected chi connectivity index (χ3v) is 7.21. The molecule has 37 heavy (non-hydrogen) atoms. The summed E-state index contributed by atoms with van der Waals surface area (Å²) in [5.74, 6) is -1.05. The number of hydrogen-bond acceptors (Lipinski definition) is 7. The first kappa shape index (κ1) is 28.4. The fourth-order valence-corrected chi connectivity index (χ4v) is 5.37. The SMILES string of the molecule is CCOC(=O)[C@H](CCc1ccccc1)N[C@H](C)C(=O)N1[C@@H]2CN(C(=O)NC)CC[C@@H]2C[C@H]1C(=O)OCC. The Morgan fingerprint density at radius 2 is 1.78 bits per heavy atom. The highest BCUT2D eigenvalue weighted by Crippen LogP contribution is 2.37. The number of rotatable bonds is 10. The Kier molecular flexibility index (Phi) is 10.3. The van der Waals surface area contributed by atoms with Crippen LogP contribution in [0.5, 0.6) is 0 Å². The number of piperidine rings is 1. The van der Waals surface area contributed by atoms with Crippen molar-refractivity contribution < 1.29 is 28.7 Å². The van der Waals surface area contributed by atoms with Gasteiger partial charge < -0.3 is 24.6 Å². The predicted octanol–water partition coefficient (Wildman–Crippen LogP) is 1.72. The molecule has 2 heterocycles. The molecule has 2 aliphatic heterocycles. The molecule has 1 aromatic rings. The van der Waals surface area contributed by atoms with Gasteiger partial charge in [-0.05, 0) is 57.9 Å². The van der Waals surface area contributed by atoms with Crippen molar-refractivity contribution in [2.24, 2.45) is 5.92 Å². The quantitative estimate of drug-likeness (QED) is 0.455. The number of esters is 2. The molecule has 10 heteroatoms. The van der Waals surface area contributed by atoms with Gasteiger partial charge in [0.25, 0.3) is 0 Å². The van der Waals surface area contributed by atoms with Gasteiger partial charge in [0, 0.05) is 20.1 Å². The van der Waals surface area contributed by atoms with Crippen molar-refractivity contribution >= 4 is 23.9 Å². The maximum Gasteiger partial charge on any atom is 0.328 e. The van der Waals surface area contributed by atoms with Crippen molar-refractivity contribution in [3.05, 3.63) is 35.9 Å². The zero-order valence-corrected chi connectivity index (χ0v) is 22.3. The molecule has 204 valence electrons. The van der Waals surface area contributed by atoms with E-state index in [0.717, 1.165) is 5.56 Å². The highest BCUT2D eigenvalue weighted by Gasteiger charge is 2.51. The molecule has 0 aromatic heterocycles. The Bertz CT molecular complexity index is 942. The van der Waals surface area contributed by atoms with E-state index in [1.165, 1.54) is 0 Å². The number of carbonyl (C=O) groups is 4. The van der Waals surface area contributed by atoms with Crippen LogP contribution < -0.4 is 10.6 Å². The Morgan fingerprint density at radius 3 is 2.43 bits per heavy atom. The molecule has 0 unspecified atom stereocenters. The van der Waals surface area contributed by atoms with Crippen LogP contribution in [0.2, 0.25) is 0 Å². The van der Waals surface area contributed by atoms with Gasteiger partial charge in [-0.1, -0.05) is 30.3 Å². The van der Waals surface area contributed by atoms with Crippen LogP contribution in [0, 0.1) is 5.92 Å². The minimum atomic E-state index is -0.753. The molecule has 0 saturated carbocycles. The maximum atomic E-state index is 13.8. The first-order valence-corrected chi connectivity index (χ1v) is 13.2. The first-order chi connectivity index (χ1) is 17.8. The molecule has 2 saturated heterocycles. The number of nitrogens with one attached hydrogen (secondary N) is 2. The Morgan fingerprint density at radius 1 is 1.08 bits per heavy atom. The number of nitrogens with zero attached hydrogens (tertiary/aromatic N) is 2. The summed E-state index contributed by atoms with van der Waals surface area (Å²) in [5, 5.41) is 5.81. The van der Waals surface area contributed by atoms with Crippen LogP contribution in [-0.4, -0.2) is 91.2 Å². The minimum absolute atomic E-state index is 0.0883. The molecular weight excluding hydrogens is 476 g/mol. The van der Waals surface area contributed by atoms with Gasteiger partial charge >= 0.3 is 18.0 Å². The molecule has 0 spiro atoms. The molecule has 2 fully saturated rings. The Labute approximate surface area is 219 Å². The average molecular weight is 517 g/mol. The van der Waals surface area contributed by atoms with Gasteiger partial charge in [-0.25, -0.2) is 9.59 Å². The van der Waals surface area contributed by atoms with Gasteiger partial charge in [-0.3, -0.25) is 14.9 Å². The topological polar surface area (TPSA) is 117 Å². The summed E-state index contributed by atoms with van der Waals surface area (Å²) in [7, 11) is 1.57. The second-order valence-electron chi connectivity index (χ2n) is 9.58. The number of aryl methyl sites for hydroxylation is 1. The van der Waals surface area contributed by atoms with E-state index < -0.39 is 30.1 Å². The normalized spacial score (nSPS) is 22.5. The third-order valence-electron chi connectivity index (χ3n) is 7.21. The van der Waals surface area contributed by atoms with Gasteiger partial charge in [-0.2, -0.15) is 0 Å². The molecule has 0 bridgehead atoms. The average Bonchev–Trinajstić information content (AvgIpc) is 3.29. The molecular formula is C27H40N4O6. The van der Waals surface area contributed by atoms with Gasteiger partial charge in [0.1, 0.15) is 12.1 Å². The molecule has 1 aromatic carbocycles. The van der Waals surface area contributed by atoms with E-state index in [0.29, 0.717) is 38.8 Å². The molecule has 2 N–H and O–H groups in total. The fraction of sp³-hybridized carbons (Fsp3) is 0.630. The van der Waals surface area contributed by atoms with E-state index >= 15 is 0 Å². The summed E-state index contributed by atoms with van der Waals surface area (Å²) < 4.78 is 10.6. The second kappa shape index (κ2) is 13.4. The van der Waals surface area contributed by atoms with Crippen molar-refractivity contribution in [2.45, 2.75) is 70.6 Å². The Hall–Kier alpha value is -3.14. The number of carbonyl (C=O) groups excluding carboxylic acids is 4. The van der Waals surface area contributed by atoms with Gasteiger partial charge in [-0.15, -0.1) is 0 Å². The highest BCUT2D eigenvalue weighted by molar-refractivity contribution is 5.89. The minimum Gasteiger partial charge on any atom is -0.465 e. The third kappa shape index (κ3) is 7.00. The number of likely N-dealkylation sites (tertiary alicyclic amines) is 2. The van der Waals surface area contributed by atoms with Crippen LogP contribution in [-0.2, 0) is 30.3 Å². The molecule has 0 radical (unpaired) electrons. The zero-order valence-electron chi connectivity index (χ0n) is 22.3. The second-order valence-corrected chi connectivity index (χ2v) is 9.58. The lowest BCUT2D eigenvalue weighted by atomic mass is 9.91. The van der Waals surface area contributed by atoms with Crippen LogP contribution in [0.15, 0.2) is 30.3 Å². The number of hydrogen-bond donors (Lipinski definition) is 2. The number of amides is 3. The van der Waals surface area contributed by atoms with Crippen LogP contribution in [0.4, 0.5) is 4.79 Å². The molecule has 5 atom stereocenters. The molecule has 3 rings (SSSR count). The first-order valence-electron chi connectivity index (χ1n) is 13.2. The smallest absolute Gasteiger partial charge is 0.328 e. The molecule has 0 aliphatic carbocycles. The molecule has 2 aliphatic rings. The summed E-state index contributed by atoms with van der Waals surface area (Å²) >= 11 is 0. The lowest BCUT2D eigenvalue weighted by Crippen LogP contribution is -2.59. The lowest BCUT2D eigenvalue weighted by Gasteiger charge is -2.39. The van der Waals surface area contributed by atoms with E-state index in [9.17, 15) is 19.2 Å². The zero-order chi connectivity index (χ0) is 26.9. The number of ether oxygens (including phenoxy) is 2. The van der Waals surface area contributed by atoms with Gasteiger partial charge in [0.15, 0.2) is 0 Å². The van der Waals surface area contributed by atoms with Crippen molar-refractivity contribution in [2.75, 3.05) is 33.4 Å². The summed E-state index contributed by atoms with van der Waals surface area (Å²) in [4.78, 5) is 55.0. The molecule has 3 amide bonds. The highest BCUT2D eigenvalue weighted by atomic mass is 16.5. The van der Waals surface area contributed by atoms with Crippen molar-refractivity contribution in [3.8, 4) is 0 Å². The van der Waals surface area contributed by atoms with E-state index in [1.807, 2.05) is 30.3 Å². The van der Waals surface area contributed by atoms with Crippen LogP contribution in [0.25, 0.3) is 0 Å². The van der Waals surface area contributed by atoms with E-state index in [4.69, 9.17) is 9.47 Å². The van der Waals surface area contributed by atoms with E-state index in [2.05, 4.69) is 10.6 Å².